The molecule has 4 rings (SSSR count). The number of hydrogen-bond donors (Lipinski definition) is 1. The molecule has 2 aromatic heterocycles. The Morgan fingerprint density at radius 2 is 2.08 bits per heavy atom. The molecule has 0 bridgehead atoms. The van der Waals surface area contributed by atoms with E-state index in [-0.39, 0.29) is 6.10 Å². The maximum Gasteiger partial charge on any atom is 0.0952 e. The molecule has 1 aliphatic rings. The number of nitrogens with zero attached hydrogens (tertiary/aromatic N) is 2. The second kappa shape index (κ2) is 7.07. The summed E-state index contributed by atoms with van der Waals surface area (Å²) in [6.07, 6.45) is 1.90. The summed E-state index contributed by atoms with van der Waals surface area (Å²) >= 11 is 7.79. The molecular weight excluding hydrogens is 342 g/mol. The standard InChI is InChI=1S/C18H18ClN3OS/c19-14-3-1-13(2-4-14)17-12-22(9-10-23-17)11-15-5-6-18(24-15)16-7-8-20-21-16/h1-8,17H,9-12H2,(H,20,21)/t17-/m1/s1. The molecule has 3 heterocycles. The minimum Gasteiger partial charge on any atom is -0.371 e. The molecule has 1 atom stereocenters. The molecule has 0 aliphatic carbocycles. The first-order valence-corrected chi connectivity index (χ1v) is 9.15. The van der Waals surface area contributed by atoms with Crippen molar-refractivity contribution < 1.29 is 4.74 Å². The number of ether oxygens (including phenoxy) is 1. The Kier molecular flexibility index (Phi) is 4.67. The molecule has 24 heavy (non-hydrogen) atoms. The van der Waals surface area contributed by atoms with Crippen molar-refractivity contribution in [2.45, 2.75) is 12.6 Å². The second-order valence-corrected chi connectivity index (χ2v) is 7.49. The van der Waals surface area contributed by atoms with Gasteiger partial charge in [0, 0.05) is 35.7 Å². The monoisotopic (exact) mass is 359 g/mol. The van der Waals surface area contributed by atoms with Crippen molar-refractivity contribution >= 4 is 22.9 Å². The molecular formula is C18H18ClN3OS. The van der Waals surface area contributed by atoms with Crippen LogP contribution >= 0.6 is 22.9 Å². The van der Waals surface area contributed by atoms with E-state index in [2.05, 4.69) is 39.4 Å². The molecule has 0 unspecified atom stereocenters. The third-order valence-corrected chi connectivity index (χ3v) is 5.55. The zero-order valence-electron chi connectivity index (χ0n) is 13.1. The van der Waals surface area contributed by atoms with Gasteiger partial charge in [-0.3, -0.25) is 10.00 Å². The van der Waals surface area contributed by atoms with Gasteiger partial charge in [0.15, 0.2) is 0 Å². The van der Waals surface area contributed by atoms with Gasteiger partial charge in [-0.15, -0.1) is 11.3 Å². The number of aromatic amines is 1. The van der Waals surface area contributed by atoms with Crippen LogP contribution in [0.25, 0.3) is 10.6 Å². The number of benzene rings is 1. The maximum absolute atomic E-state index is 5.97. The van der Waals surface area contributed by atoms with Crippen LogP contribution in [0.3, 0.4) is 0 Å². The van der Waals surface area contributed by atoms with Crippen LogP contribution in [0.5, 0.6) is 0 Å². The molecule has 1 aromatic carbocycles. The fourth-order valence-electron chi connectivity index (χ4n) is 2.95. The predicted octanol–water partition coefficient (Wildman–Crippen LogP) is 4.37. The topological polar surface area (TPSA) is 41.2 Å². The smallest absolute Gasteiger partial charge is 0.0952 e. The zero-order valence-corrected chi connectivity index (χ0v) is 14.7. The maximum atomic E-state index is 5.97. The second-order valence-electron chi connectivity index (χ2n) is 5.88. The SMILES string of the molecule is Clc1ccc([C@H]2CN(Cc3ccc(-c4ccn[nH]4)s3)CCO2)cc1. The number of thiophene rings is 1. The lowest BCUT2D eigenvalue weighted by atomic mass is 10.1. The van der Waals surface area contributed by atoms with Crippen LogP contribution in [0.1, 0.15) is 16.5 Å². The zero-order chi connectivity index (χ0) is 16.4. The molecule has 124 valence electrons. The number of hydrogen-bond acceptors (Lipinski definition) is 4. The van der Waals surface area contributed by atoms with Gasteiger partial charge in [-0.05, 0) is 35.9 Å². The van der Waals surface area contributed by atoms with Crippen molar-refractivity contribution in [2.75, 3.05) is 19.7 Å². The quantitative estimate of drug-likeness (QED) is 0.752. The van der Waals surface area contributed by atoms with Gasteiger partial charge in [0.1, 0.15) is 0 Å². The molecule has 1 aliphatic heterocycles. The van der Waals surface area contributed by atoms with Gasteiger partial charge in [0.25, 0.3) is 0 Å². The van der Waals surface area contributed by atoms with E-state index >= 15 is 0 Å². The van der Waals surface area contributed by atoms with E-state index < -0.39 is 0 Å². The number of aromatic nitrogens is 2. The summed E-state index contributed by atoms with van der Waals surface area (Å²) in [7, 11) is 0. The van der Waals surface area contributed by atoms with Crippen molar-refractivity contribution in [1.82, 2.24) is 15.1 Å². The van der Waals surface area contributed by atoms with Crippen LogP contribution in [-0.4, -0.2) is 34.8 Å². The van der Waals surface area contributed by atoms with Gasteiger partial charge in [0.05, 0.1) is 23.3 Å². The van der Waals surface area contributed by atoms with Crippen molar-refractivity contribution in [2.24, 2.45) is 0 Å². The first-order valence-electron chi connectivity index (χ1n) is 7.96. The highest BCUT2D eigenvalue weighted by Crippen LogP contribution is 2.29. The summed E-state index contributed by atoms with van der Waals surface area (Å²) in [4.78, 5) is 5.03. The van der Waals surface area contributed by atoms with Gasteiger partial charge >= 0.3 is 0 Å². The molecule has 3 aromatic rings. The summed E-state index contributed by atoms with van der Waals surface area (Å²) < 4.78 is 5.94. The lowest BCUT2D eigenvalue weighted by Crippen LogP contribution is -2.37. The molecule has 1 saturated heterocycles. The molecule has 0 radical (unpaired) electrons. The first kappa shape index (κ1) is 15.8. The fourth-order valence-corrected chi connectivity index (χ4v) is 4.10. The van der Waals surface area contributed by atoms with E-state index in [9.17, 15) is 0 Å². The van der Waals surface area contributed by atoms with Crippen molar-refractivity contribution in [3.63, 3.8) is 0 Å². The minimum atomic E-state index is 0.114. The summed E-state index contributed by atoms with van der Waals surface area (Å²) in [6.45, 7) is 3.57. The third-order valence-electron chi connectivity index (χ3n) is 4.20. The lowest BCUT2D eigenvalue weighted by molar-refractivity contribution is -0.0326. The van der Waals surface area contributed by atoms with Crippen molar-refractivity contribution in [3.05, 3.63) is 64.1 Å². The Bertz CT molecular complexity index is 785. The molecule has 1 fully saturated rings. The molecule has 1 N–H and O–H groups in total. The Hall–Kier alpha value is -1.66. The van der Waals surface area contributed by atoms with Crippen LogP contribution < -0.4 is 0 Å². The van der Waals surface area contributed by atoms with Gasteiger partial charge in [-0.2, -0.15) is 5.10 Å². The van der Waals surface area contributed by atoms with Gasteiger partial charge < -0.3 is 4.74 Å². The number of rotatable bonds is 4. The van der Waals surface area contributed by atoms with E-state index in [4.69, 9.17) is 16.3 Å². The molecule has 0 saturated carbocycles. The highest BCUT2D eigenvalue weighted by Gasteiger charge is 2.22. The number of H-pyrrole nitrogens is 1. The van der Waals surface area contributed by atoms with Crippen molar-refractivity contribution in [3.8, 4) is 10.6 Å². The normalized spacial score (nSPS) is 18.8. The van der Waals surface area contributed by atoms with Gasteiger partial charge in [-0.1, -0.05) is 23.7 Å². The molecule has 0 spiro atoms. The average Bonchev–Trinajstić information content (AvgIpc) is 3.27. The van der Waals surface area contributed by atoms with Crippen molar-refractivity contribution in [1.29, 1.82) is 0 Å². The lowest BCUT2D eigenvalue weighted by Gasteiger charge is -2.32. The van der Waals surface area contributed by atoms with E-state index in [1.807, 2.05) is 29.5 Å². The first-order chi connectivity index (χ1) is 11.8. The van der Waals surface area contributed by atoms with Crippen LogP contribution in [0, 0.1) is 0 Å². The summed E-state index contributed by atoms with van der Waals surface area (Å²) in [5.41, 5.74) is 2.26. The highest BCUT2D eigenvalue weighted by molar-refractivity contribution is 7.15. The van der Waals surface area contributed by atoms with E-state index in [1.54, 1.807) is 6.20 Å². The van der Waals surface area contributed by atoms with Crippen LogP contribution in [0.2, 0.25) is 5.02 Å². The molecule has 4 nitrogen and oxygen atoms in total. The van der Waals surface area contributed by atoms with E-state index in [0.29, 0.717) is 0 Å². The van der Waals surface area contributed by atoms with Gasteiger partial charge in [0.2, 0.25) is 0 Å². The third kappa shape index (κ3) is 3.54. The van der Waals surface area contributed by atoms with Crippen LogP contribution in [0.4, 0.5) is 0 Å². The Labute approximate surface area is 150 Å². The van der Waals surface area contributed by atoms with Gasteiger partial charge in [-0.25, -0.2) is 0 Å². The molecule has 0 amide bonds. The number of nitrogens with one attached hydrogen (secondary N) is 1. The Balaban J connectivity index is 1.42. The predicted molar refractivity (Wildman–Crippen MR) is 97.3 cm³/mol. The largest absolute Gasteiger partial charge is 0.371 e. The average molecular weight is 360 g/mol. The summed E-state index contributed by atoms with van der Waals surface area (Å²) in [6, 6.07) is 14.3. The fraction of sp³-hybridized carbons (Fsp3) is 0.278. The van der Waals surface area contributed by atoms with E-state index in [0.717, 1.165) is 37.0 Å². The Morgan fingerprint density at radius 1 is 1.21 bits per heavy atom. The summed E-state index contributed by atoms with van der Waals surface area (Å²) in [5, 5.41) is 7.80. The van der Waals surface area contributed by atoms with Crippen LogP contribution in [0.15, 0.2) is 48.7 Å². The molecule has 6 heteroatoms. The minimum absolute atomic E-state index is 0.114. The number of halogens is 1. The number of morpholine rings is 1. The Morgan fingerprint density at radius 3 is 2.88 bits per heavy atom. The summed E-state index contributed by atoms with van der Waals surface area (Å²) in [5.74, 6) is 0. The highest BCUT2D eigenvalue weighted by atomic mass is 35.5. The van der Waals surface area contributed by atoms with E-state index in [1.165, 1.54) is 15.3 Å². The van der Waals surface area contributed by atoms with Crippen LogP contribution in [-0.2, 0) is 11.3 Å².